The molecule has 1 atom stereocenters. The Hall–Kier alpha value is -3.31. The molecule has 1 aromatic heterocycles. The zero-order valence-electron chi connectivity index (χ0n) is 16.3. The number of imidazole rings is 1. The Bertz CT molecular complexity index is 1160. The van der Waals surface area contributed by atoms with E-state index < -0.39 is 23.1 Å². The van der Waals surface area contributed by atoms with Crippen LogP contribution in [0.4, 0.5) is 14.7 Å². The first kappa shape index (κ1) is 20.0. The van der Waals surface area contributed by atoms with Crippen molar-refractivity contribution < 1.29 is 18.7 Å². The molecule has 2 N–H and O–H groups in total. The van der Waals surface area contributed by atoms with E-state index in [9.17, 15) is 18.7 Å². The number of carbonyl (C=O) groups excluding carboxylic acids is 1. The van der Waals surface area contributed by atoms with Crippen LogP contribution in [-0.4, -0.2) is 20.6 Å². The second kappa shape index (κ2) is 7.50. The maximum absolute atomic E-state index is 14.0. The molecular formula is C22H20F2N4O2. The van der Waals surface area contributed by atoms with E-state index in [1.54, 1.807) is 0 Å². The maximum atomic E-state index is 14.0. The van der Waals surface area contributed by atoms with Gasteiger partial charge in [0.1, 0.15) is 17.7 Å². The van der Waals surface area contributed by atoms with Crippen LogP contribution in [-0.2, 0) is 10.4 Å². The minimum Gasteiger partial charge on any atom is -0.385 e. The molecule has 4 rings (SSSR count). The normalized spacial score (nSPS) is 16.0. The fraction of sp³-hybridized carbons (Fsp3) is 0.318. The van der Waals surface area contributed by atoms with Gasteiger partial charge in [0.15, 0.2) is 0 Å². The summed E-state index contributed by atoms with van der Waals surface area (Å²) in [6.07, 6.45) is 2.54. The number of amides is 1. The number of aromatic nitrogens is 2. The predicted molar refractivity (Wildman–Crippen MR) is 107 cm³/mol. The maximum Gasteiger partial charge on any atom is 0.229 e. The first-order chi connectivity index (χ1) is 14.3. The first-order valence-corrected chi connectivity index (χ1v) is 9.68. The van der Waals surface area contributed by atoms with Gasteiger partial charge in [-0.1, -0.05) is 12.1 Å². The minimum absolute atomic E-state index is 0.0832. The smallest absolute Gasteiger partial charge is 0.229 e. The van der Waals surface area contributed by atoms with Crippen molar-refractivity contribution in [2.24, 2.45) is 0 Å². The highest BCUT2D eigenvalue weighted by molar-refractivity contribution is 5.92. The molecule has 0 radical (unpaired) electrons. The van der Waals surface area contributed by atoms with E-state index in [1.165, 1.54) is 43.3 Å². The lowest BCUT2D eigenvalue weighted by Gasteiger charge is -2.29. The lowest BCUT2D eigenvalue weighted by Crippen LogP contribution is -2.30. The van der Waals surface area contributed by atoms with Gasteiger partial charge in [-0.05, 0) is 49.9 Å². The van der Waals surface area contributed by atoms with E-state index in [2.05, 4.69) is 10.3 Å². The van der Waals surface area contributed by atoms with Crippen molar-refractivity contribution in [1.82, 2.24) is 9.55 Å². The SMILES string of the molecule is CC(O)(CC(=O)Nc1nc2cc(F)c(C#N)cc2n1C1CCC1)c1ccc(F)cc1. The van der Waals surface area contributed by atoms with Crippen LogP contribution >= 0.6 is 0 Å². The van der Waals surface area contributed by atoms with Crippen molar-refractivity contribution in [3.8, 4) is 6.07 Å². The van der Waals surface area contributed by atoms with E-state index in [4.69, 9.17) is 5.26 Å². The summed E-state index contributed by atoms with van der Waals surface area (Å²) in [5.74, 6) is -1.33. The molecule has 30 heavy (non-hydrogen) atoms. The summed E-state index contributed by atoms with van der Waals surface area (Å²) >= 11 is 0. The van der Waals surface area contributed by atoms with Crippen molar-refractivity contribution in [1.29, 1.82) is 5.26 Å². The molecule has 1 saturated carbocycles. The fourth-order valence-electron chi connectivity index (χ4n) is 3.70. The van der Waals surface area contributed by atoms with Gasteiger partial charge in [-0.15, -0.1) is 0 Å². The Morgan fingerprint density at radius 2 is 2.03 bits per heavy atom. The van der Waals surface area contributed by atoms with E-state index in [0.29, 0.717) is 16.6 Å². The molecule has 1 heterocycles. The summed E-state index contributed by atoms with van der Waals surface area (Å²) in [5, 5.41) is 22.6. The number of halogens is 2. The van der Waals surface area contributed by atoms with Crippen LogP contribution in [0.5, 0.6) is 0 Å². The molecule has 8 heteroatoms. The summed E-state index contributed by atoms with van der Waals surface area (Å²) < 4.78 is 29.0. The van der Waals surface area contributed by atoms with Crippen LogP contribution in [0.3, 0.4) is 0 Å². The molecule has 1 amide bonds. The number of rotatable bonds is 5. The Morgan fingerprint density at radius 3 is 2.63 bits per heavy atom. The Morgan fingerprint density at radius 1 is 1.33 bits per heavy atom. The quantitative estimate of drug-likeness (QED) is 0.661. The van der Waals surface area contributed by atoms with Gasteiger partial charge < -0.3 is 9.67 Å². The Kier molecular flexibility index (Phi) is 5.00. The van der Waals surface area contributed by atoms with Gasteiger partial charge in [0, 0.05) is 12.1 Å². The van der Waals surface area contributed by atoms with Gasteiger partial charge in [-0.25, -0.2) is 13.8 Å². The number of hydrogen-bond acceptors (Lipinski definition) is 4. The summed E-state index contributed by atoms with van der Waals surface area (Å²) in [6.45, 7) is 1.48. The van der Waals surface area contributed by atoms with Gasteiger partial charge in [0.25, 0.3) is 0 Å². The van der Waals surface area contributed by atoms with Crippen molar-refractivity contribution in [3.05, 3.63) is 59.2 Å². The van der Waals surface area contributed by atoms with Gasteiger partial charge in [-0.3, -0.25) is 10.1 Å². The number of aliphatic hydroxyl groups is 1. The molecule has 0 aliphatic heterocycles. The van der Waals surface area contributed by atoms with E-state index in [0.717, 1.165) is 19.3 Å². The highest BCUT2D eigenvalue weighted by atomic mass is 19.1. The zero-order chi connectivity index (χ0) is 21.5. The predicted octanol–water partition coefficient (Wildman–Crippen LogP) is 4.15. The van der Waals surface area contributed by atoms with Gasteiger partial charge >= 0.3 is 0 Å². The van der Waals surface area contributed by atoms with Crippen LogP contribution in [0.15, 0.2) is 36.4 Å². The highest BCUT2D eigenvalue weighted by Gasteiger charge is 2.30. The van der Waals surface area contributed by atoms with Crippen molar-refractivity contribution in [2.75, 3.05) is 5.32 Å². The lowest BCUT2D eigenvalue weighted by molar-refractivity contribution is -0.120. The lowest BCUT2D eigenvalue weighted by atomic mass is 9.92. The number of carbonyl (C=O) groups is 1. The summed E-state index contributed by atoms with van der Waals surface area (Å²) in [7, 11) is 0. The molecule has 6 nitrogen and oxygen atoms in total. The summed E-state index contributed by atoms with van der Waals surface area (Å²) in [4.78, 5) is 17.0. The van der Waals surface area contributed by atoms with Crippen LogP contribution in [0, 0.1) is 23.0 Å². The molecule has 3 aromatic rings. The van der Waals surface area contributed by atoms with Crippen molar-refractivity contribution in [2.45, 2.75) is 44.2 Å². The highest BCUT2D eigenvalue weighted by Crippen LogP contribution is 2.38. The standard InChI is InChI=1S/C22H20F2N4O2/c1-22(30,14-5-7-15(23)8-6-14)11-20(29)27-21-26-18-10-17(24)13(12-25)9-19(18)28(21)16-3-2-4-16/h5-10,16,30H,2-4,11H2,1H3,(H,26,27,29). The van der Waals surface area contributed by atoms with Gasteiger partial charge in [0.05, 0.1) is 28.6 Å². The third kappa shape index (κ3) is 3.64. The van der Waals surface area contributed by atoms with Gasteiger partial charge in [0.2, 0.25) is 11.9 Å². The van der Waals surface area contributed by atoms with Crippen LogP contribution < -0.4 is 5.32 Å². The molecule has 1 aliphatic rings. The molecule has 1 fully saturated rings. The molecule has 1 unspecified atom stereocenters. The van der Waals surface area contributed by atoms with Crippen molar-refractivity contribution in [3.63, 3.8) is 0 Å². The molecule has 2 aromatic carbocycles. The molecule has 154 valence electrons. The number of nitriles is 1. The Labute approximate surface area is 171 Å². The fourth-order valence-corrected chi connectivity index (χ4v) is 3.70. The number of benzene rings is 2. The largest absolute Gasteiger partial charge is 0.385 e. The summed E-state index contributed by atoms with van der Waals surface area (Å²) in [5.41, 5.74) is -0.254. The van der Waals surface area contributed by atoms with Crippen LogP contribution in [0.2, 0.25) is 0 Å². The van der Waals surface area contributed by atoms with Crippen LogP contribution in [0.25, 0.3) is 11.0 Å². The first-order valence-electron chi connectivity index (χ1n) is 9.68. The van der Waals surface area contributed by atoms with Crippen molar-refractivity contribution >= 4 is 22.9 Å². The van der Waals surface area contributed by atoms with Gasteiger partial charge in [-0.2, -0.15) is 5.26 Å². The number of fused-ring (bicyclic) bond motifs is 1. The van der Waals surface area contributed by atoms with E-state index >= 15 is 0 Å². The average Bonchev–Trinajstić information content (AvgIpc) is 2.96. The second-order valence-electron chi connectivity index (χ2n) is 7.83. The molecule has 1 aliphatic carbocycles. The van der Waals surface area contributed by atoms with E-state index in [-0.39, 0.29) is 24.0 Å². The molecule has 0 bridgehead atoms. The Balaban J connectivity index is 1.63. The minimum atomic E-state index is -1.51. The third-order valence-corrected chi connectivity index (χ3v) is 5.56. The summed E-state index contributed by atoms with van der Waals surface area (Å²) in [6, 6.07) is 9.86. The molecule has 0 saturated heterocycles. The number of nitrogens with zero attached hydrogens (tertiary/aromatic N) is 3. The molecular weight excluding hydrogens is 390 g/mol. The monoisotopic (exact) mass is 410 g/mol. The number of anilines is 1. The van der Waals surface area contributed by atoms with E-state index in [1.807, 2.05) is 10.6 Å². The second-order valence-corrected chi connectivity index (χ2v) is 7.83. The molecule has 0 spiro atoms. The zero-order valence-corrected chi connectivity index (χ0v) is 16.3. The number of hydrogen-bond donors (Lipinski definition) is 2. The third-order valence-electron chi connectivity index (χ3n) is 5.56. The number of nitrogens with one attached hydrogen (secondary N) is 1. The van der Waals surface area contributed by atoms with Crippen LogP contribution in [0.1, 0.15) is 49.8 Å². The average molecular weight is 410 g/mol. The topological polar surface area (TPSA) is 90.9 Å².